The van der Waals surface area contributed by atoms with Gasteiger partial charge in [-0.1, -0.05) is 0 Å². The molecule has 1 rings (SSSR count). The van der Waals surface area contributed by atoms with Gasteiger partial charge in [-0.2, -0.15) is 0 Å². The van der Waals surface area contributed by atoms with Crippen LogP contribution >= 0.6 is 0 Å². The summed E-state index contributed by atoms with van der Waals surface area (Å²) in [6.07, 6.45) is 2.50. The van der Waals surface area contributed by atoms with E-state index in [9.17, 15) is 0 Å². The van der Waals surface area contributed by atoms with Gasteiger partial charge in [0.25, 0.3) is 0 Å². The van der Waals surface area contributed by atoms with Crippen LogP contribution in [0.3, 0.4) is 0 Å². The van der Waals surface area contributed by atoms with Crippen molar-refractivity contribution in [3.05, 3.63) is 17.8 Å². The van der Waals surface area contributed by atoms with Gasteiger partial charge in [0.15, 0.2) is 5.82 Å². The summed E-state index contributed by atoms with van der Waals surface area (Å²) in [5, 5.41) is 8.89. The smallest absolute Gasteiger partial charge is 0.152 e. The lowest BCUT2D eigenvalue weighted by molar-refractivity contribution is 0.288. The highest BCUT2D eigenvalue weighted by atomic mass is 16.3. The Hall–Kier alpha value is -1.29. The number of pyridine rings is 1. The Morgan fingerprint density at radius 1 is 1.50 bits per heavy atom. The van der Waals surface area contributed by atoms with Gasteiger partial charge in [0, 0.05) is 25.4 Å². The number of hydrogen-bond acceptors (Lipinski definition) is 4. The van der Waals surface area contributed by atoms with Crippen LogP contribution < -0.4 is 10.6 Å². The number of rotatable bonds is 5. The molecule has 90 valence electrons. The molecule has 1 heterocycles. The summed E-state index contributed by atoms with van der Waals surface area (Å²) >= 11 is 0. The number of anilines is 2. The predicted octanol–water partition coefficient (Wildman–Crippen LogP) is 1.57. The minimum absolute atomic E-state index is 0.189. The highest BCUT2D eigenvalue weighted by Gasteiger charge is 2.15. The average molecular weight is 223 g/mol. The van der Waals surface area contributed by atoms with Gasteiger partial charge in [-0.3, -0.25) is 0 Å². The van der Waals surface area contributed by atoms with Gasteiger partial charge < -0.3 is 15.7 Å². The van der Waals surface area contributed by atoms with Gasteiger partial charge in [-0.25, -0.2) is 4.98 Å². The Morgan fingerprint density at radius 3 is 2.75 bits per heavy atom. The fourth-order valence-corrected chi connectivity index (χ4v) is 1.63. The number of hydrogen-bond donors (Lipinski definition) is 2. The third-order valence-corrected chi connectivity index (χ3v) is 2.64. The van der Waals surface area contributed by atoms with Gasteiger partial charge in [-0.05, 0) is 38.8 Å². The molecule has 0 amide bonds. The quantitative estimate of drug-likeness (QED) is 0.795. The Balaban J connectivity index is 2.96. The van der Waals surface area contributed by atoms with E-state index in [1.54, 1.807) is 6.20 Å². The van der Waals surface area contributed by atoms with Crippen LogP contribution in [-0.2, 0) is 0 Å². The molecular formula is C12H21N3O. The molecule has 0 fully saturated rings. The molecule has 0 aromatic carbocycles. The van der Waals surface area contributed by atoms with Crippen molar-refractivity contribution in [1.82, 2.24) is 4.98 Å². The molecule has 0 radical (unpaired) electrons. The van der Waals surface area contributed by atoms with Gasteiger partial charge in [0.2, 0.25) is 0 Å². The zero-order valence-corrected chi connectivity index (χ0v) is 10.3. The maximum absolute atomic E-state index is 8.89. The molecule has 4 heteroatoms. The van der Waals surface area contributed by atoms with Crippen LogP contribution in [0.1, 0.15) is 25.8 Å². The molecule has 0 saturated carbocycles. The van der Waals surface area contributed by atoms with Crippen molar-refractivity contribution in [3.63, 3.8) is 0 Å². The largest absolute Gasteiger partial charge is 0.396 e. The molecule has 16 heavy (non-hydrogen) atoms. The van der Waals surface area contributed by atoms with Crippen LogP contribution in [0.2, 0.25) is 0 Å². The van der Waals surface area contributed by atoms with Crippen LogP contribution in [0, 0.1) is 6.92 Å². The van der Waals surface area contributed by atoms with Crippen molar-refractivity contribution in [2.45, 2.75) is 33.2 Å². The Labute approximate surface area is 97.1 Å². The zero-order chi connectivity index (χ0) is 12.1. The first-order valence-electron chi connectivity index (χ1n) is 5.66. The van der Waals surface area contributed by atoms with E-state index < -0.39 is 0 Å². The number of nitrogen functional groups attached to an aromatic ring is 1. The van der Waals surface area contributed by atoms with Gasteiger partial charge >= 0.3 is 0 Å². The lowest BCUT2D eigenvalue weighted by Crippen LogP contribution is -2.33. The van der Waals surface area contributed by atoms with Crippen LogP contribution in [0.4, 0.5) is 11.5 Å². The van der Waals surface area contributed by atoms with Crippen LogP contribution in [0.15, 0.2) is 12.3 Å². The molecule has 0 unspecified atom stereocenters. The summed E-state index contributed by atoms with van der Waals surface area (Å²) in [6, 6.07) is 2.23. The number of aromatic nitrogens is 1. The van der Waals surface area contributed by atoms with Crippen molar-refractivity contribution < 1.29 is 5.11 Å². The molecule has 0 atom stereocenters. The van der Waals surface area contributed by atoms with Gasteiger partial charge in [-0.15, -0.1) is 0 Å². The molecule has 0 saturated heterocycles. The Kier molecular flexibility index (Phi) is 4.55. The van der Waals surface area contributed by atoms with E-state index in [2.05, 4.69) is 23.7 Å². The monoisotopic (exact) mass is 223 g/mol. The first-order valence-corrected chi connectivity index (χ1v) is 5.66. The molecule has 0 spiro atoms. The van der Waals surface area contributed by atoms with E-state index in [0.29, 0.717) is 6.04 Å². The third-order valence-electron chi connectivity index (χ3n) is 2.64. The van der Waals surface area contributed by atoms with Crippen molar-refractivity contribution >= 4 is 11.5 Å². The highest BCUT2D eigenvalue weighted by Crippen LogP contribution is 2.24. The summed E-state index contributed by atoms with van der Waals surface area (Å²) in [7, 11) is 0. The van der Waals surface area contributed by atoms with Crippen molar-refractivity contribution in [1.29, 1.82) is 0 Å². The highest BCUT2D eigenvalue weighted by molar-refractivity contribution is 5.66. The predicted molar refractivity (Wildman–Crippen MR) is 67.6 cm³/mol. The topological polar surface area (TPSA) is 62.4 Å². The first kappa shape index (κ1) is 12.8. The summed E-state index contributed by atoms with van der Waals surface area (Å²) < 4.78 is 0. The van der Waals surface area contributed by atoms with Crippen LogP contribution in [0.25, 0.3) is 0 Å². The summed E-state index contributed by atoms with van der Waals surface area (Å²) in [5.74, 6) is 0.823. The second kappa shape index (κ2) is 5.70. The average Bonchev–Trinajstić information content (AvgIpc) is 2.24. The second-order valence-corrected chi connectivity index (χ2v) is 4.23. The summed E-state index contributed by atoms with van der Waals surface area (Å²) in [6.45, 7) is 7.14. The molecule has 1 aromatic heterocycles. The van der Waals surface area contributed by atoms with Crippen molar-refractivity contribution in [2.24, 2.45) is 0 Å². The van der Waals surface area contributed by atoms with E-state index in [1.165, 1.54) is 0 Å². The van der Waals surface area contributed by atoms with Gasteiger partial charge in [0.1, 0.15) is 0 Å². The molecule has 0 bridgehead atoms. The molecule has 1 aromatic rings. The minimum Gasteiger partial charge on any atom is -0.396 e. The molecular weight excluding hydrogens is 202 g/mol. The number of aliphatic hydroxyl groups excluding tert-OH is 1. The first-order chi connectivity index (χ1) is 7.57. The Morgan fingerprint density at radius 2 is 2.19 bits per heavy atom. The third kappa shape index (κ3) is 2.85. The van der Waals surface area contributed by atoms with E-state index >= 15 is 0 Å². The Bertz CT molecular complexity index is 339. The fraction of sp³-hybridized carbons (Fsp3) is 0.583. The number of aryl methyl sites for hydroxylation is 1. The van der Waals surface area contributed by atoms with Crippen molar-refractivity contribution in [3.8, 4) is 0 Å². The van der Waals surface area contributed by atoms with Gasteiger partial charge in [0.05, 0.1) is 5.69 Å². The maximum atomic E-state index is 8.89. The molecule has 0 aliphatic rings. The number of aliphatic hydroxyl groups is 1. The molecule has 0 aliphatic carbocycles. The lowest BCUT2D eigenvalue weighted by atomic mass is 10.2. The van der Waals surface area contributed by atoms with E-state index in [-0.39, 0.29) is 6.61 Å². The van der Waals surface area contributed by atoms with Crippen LogP contribution in [-0.4, -0.2) is 29.3 Å². The van der Waals surface area contributed by atoms with E-state index in [4.69, 9.17) is 10.8 Å². The lowest BCUT2D eigenvalue weighted by Gasteiger charge is -2.29. The normalized spacial score (nSPS) is 10.8. The molecule has 0 aliphatic heterocycles. The summed E-state index contributed by atoms with van der Waals surface area (Å²) in [5.41, 5.74) is 7.80. The zero-order valence-electron chi connectivity index (χ0n) is 10.3. The molecule has 3 N–H and O–H groups in total. The number of nitrogens with two attached hydrogens (primary N) is 1. The SMILES string of the molecule is Cc1ccnc(N(CCCO)C(C)C)c1N. The molecule has 4 nitrogen and oxygen atoms in total. The van der Waals surface area contributed by atoms with E-state index in [0.717, 1.165) is 30.0 Å². The minimum atomic E-state index is 0.189. The number of nitrogens with zero attached hydrogens (tertiary/aromatic N) is 2. The fourth-order valence-electron chi connectivity index (χ4n) is 1.63. The van der Waals surface area contributed by atoms with Crippen LogP contribution in [0.5, 0.6) is 0 Å². The van der Waals surface area contributed by atoms with Crippen molar-refractivity contribution in [2.75, 3.05) is 23.8 Å². The maximum Gasteiger partial charge on any atom is 0.152 e. The van der Waals surface area contributed by atoms with E-state index in [1.807, 2.05) is 13.0 Å². The standard InChI is InChI=1S/C12H21N3O/c1-9(2)15(7-4-8-16)12-11(13)10(3)5-6-14-12/h5-6,9,16H,4,7-8,13H2,1-3H3. The second-order valence-electron chi connectivity index (χ2n) is 4.23. The summed E-state index contributed by atoms with van der Waals surface area (Å²) in [4.78, 5) is 6.46.